The van der Waals surface area contributed by atoms with E-state index in [9.17, 15) is 24.0 Å². The van der Waals surface area contributed by atoms with Crippen molar-refractivity contribution in [1.82, 2.24) is 16.0 Å². The number of carbonyl (C=O) groups excluding carboxylic acids is 5. The van der Waals surface area contributed by atoms with E-state index in [-0.39, 0.29) is 36.1 Å². The van der Waals surface area contributed by atoms with Gasteiger partial charge >= 0.3 is 11.9 Å². The summed E-state index contributed by atoms with van der Waals surface area (Å²) in [5, 5.41) is 7.89. The zero-order valence-corrected chi connectivity index (χ0v) is 23.4. The smallest absolute Gasteiger partial charge is 0.328 e. The predicted octanol–water partition coefficient (Wildman–Crippen LogP) is 2.63. The van der Waals surface area contributed by atoms with Crippen molar-refractivity contribution in [2.24, 2.45) is 0 Å². The molecule has 3 rings (SSSR count). The molecule has 0 fully saturated rings. The molecule has 10 heteroatoms. The largest absolute Gasteiger partial charge is 0.467 e. The summed E-state index contributed by atoms with van der Waals surface area (Å²) in [6.45, 7) is 3.68. The fraction of sp³-hybridized carbons (Fsp3) is 0.219. The Hall–Kier alpha value is -5.25. The normalized spacial score (nSPS) is 11.8. The van der Waals surface area contributed by atoms with Crippen LogP contribution in [0.15, 0.2) is 91.5 Å². The third kappa shape index (κ3) is 8.62. The van der Waals surface area contributed by atoms with E-state index in [1.54, 1.807) is 0 Å². The summed E-state index contributed by atoms with van der Waals surface area (Å²) in [5.41, 5.74) is 1.46. The van der Waals surface area contributed by atoms with Crippen LogP contribution in [0.3, 0.4) is 0 Å². The quantitative estimate of drug-likeness (QED) is 0.212. The first-order valence-electron chi connectivity index (χ1n) is 13.2. The molecule has 0 aliphatic carbocycles. The minimum absolute atomic E-state index is 0.0334. The van der Waals surface area contributed by atoms with Crippen LogP contribution in [0.5, 0.6) is 0 Å². The summed E-state index contributed by atoms with van der Waals surface area (Å²) in [6, 6.07) is 20.1. The maximum atomic E-state index is 13.4. The van der Waals surface area contributed by atoms with Crippen molar-refractivity contribution in [2.75, 3.05) is 20.8 Å². The van der Waals surface area contributed by atoms with E-state index in [1.165, 1.54) is 38.5 Å². The molecule has 0 aromatic heterocycles. The molecule has 218 valence electrons. The number of esters is 2. The van der Waals surface area contributed by atoms with Gasteiger partial charge in [0.05, 0.1) is 25.3 Å². The van der Waals surface area contributed by atoms with Crippen LogP contribution < -0.4 is 16.0 Å². The van der Waals surface area contributed by atoms with Gasteiger partial charge < -0.3 is 25.4 Å². The number of benzene rings is 3. The molecule has 0 spiro atoms. The maximum Gasteiger partial charge on any atom is 0.328 e. The molecule has 3 N–H and O–H groups in total. The highest BCUT2D eigenvalue weighted by molar-refractivity contribution is 6.10. The van der Waals surface area contributed by atoms with E-state index in [4.69, 9.17) is 9.47 Å². The van der Waals surface area contributed by atoms with Crippen LogP contribution in [-0.4, -0.2) is 62.5 Å². The Kier molecular flexibility index (Phi) is 11.6. The fourth-order valence-electron chi connectivity index (χ4n) is 4.18. The van der Waals surface area contributed by atoms with Gasteiger partial charge in [0.2, 0.25) is 0 Å². The molecule has 2 atom stereocenters. The minimum Gasteiger partial charge on any atom is -0.467 e. The van der Waals surface area contributed by atoms with E-state index in [2.05, 4.69) is 22.5 Å². The van der Waals surface area contributed by atoms with Gasteiger partial charge in [0.25, 0.3) is 17.7 Å². The second kappa shape index (κ2) is 15.5. The number of ether oxygens (including phenoxy) is 2. The highest BCUT2D eigenvalue weighted by Gasteiger charge is 2.27. The lowest BCUT2D eigenvalue weighted by Crippen LogP contribution is -2.44. The lowest BCUT2D eigenvalue weighted by atomic mass is 10.00. The zero-order chi connectivity index (χ0) is 30.5. The van der Waals surface area contributed by atoms with E-state index >= 15 is 0 Å². The fourth-order valence-corrected chi connectivity index (χ4v) is 4.18. The van der Waals surface area contributed by atoms with Gasteiger partial charge in [0, 0.05) is 24.9 Å². The Labute approximate surface area is 244 Å². The van der Waals surface area contributed by atoms with Crippen LogP contribution in [0.1, 0.15) is 42.2 Å². The maximum absolute atomic E-state index is 13.4. The third-order valence-electron chi connectivity index (χ3n) is 6.33. The van der Waals surface area contributed by atoms with E-state index < -0.39 is 41.7 Å². The number of nitrogens with one attached hydrogen (secondary N) is 3. The van der Waals surface area contributed by atoms with Gasteiger partial charge in [-0.2, -0.15) is 0 Å². The highest BCUT2D eigenvalue weighted by Crippen LogP contribution is 2.15. The van der Waals surface area contributed by atoms with Gasteiger partial charge in [0.1, 0.15) is 12.1 Å². The molecule has 0 heterocycles. The molecule has 0 saturated carbocycles. The van der Waals surface area contributed by atoms with Gasteiger partial charge in [-0.05, 0) is 29.3 Å². The topological polar surface area (TPSA) is 140 Å². The second-order valence-corrected chi connectivity index (χ2v) is 9.24. The summed E-state index contributed by atoms with van der Waals surface area (Å²) in [5.74, 6) is -3.30. The molecule has 0 aliphatic heterocycles. The Morgan fingerprint density at radius 1 is 0.690 bits per heavy atom. The van der Waals surface area contributed by atoms with Crippen LogP contribution in [-0.2, 0) is 31.9 Å². The van der Waals surface area contributed by atoms with Crippen molar-refractivity contribution in [2.45, 2.75) is 24.9 Å². The van der Waals surface area contributed by atoms with E-state index in [1.807, 2.05) is 60.7 Å². The minimum atomic E-state index is -1.03. The number of hydrogen-bond donors (Lipinski definition) is 3. The van der Waals surface area contributed by atoms with Crippen molar-refractivity contribution in [1.29, 1.82) is 0 Å². The summed E-state index contributed by atoms with van der Waals surface area (Å²) in [6.07, 6.45) is 1.81. The highest BCUT2D eigenvalue weighted by atomic mass is 16.5. The van der Waals surface area contributed by atoms with Crippen molar-refractivity contribution in [3.05, 3.63) is 119 Å². The lowest BCUT2D eigenvalue weighted by Gasteiger charge is -2.19. The zero-order valence-electron chi connectivity index (χ0n) is 23.4. The Morgan fingerprint density at radius 3 is 1.67 bits per heavy atom. The molecule has 3 aromatic carbocycles. The van der Waals surface area contributed by atoms with E-state index in [0.717, 1.165) is 11.1 Å². The van der Waals surface area contributed by atoms with Crippen molar-refractivity contribution >= 4 is 29.7 Å². The molecular weight excluding hydrogens is 538 g/mol. The molecule has 3 amide bonds. The number of amides is 3. The van der Waals surface area contributed by atoms with Crippen molar-refractivity contribution in [3.8, 4) is 0 Å². The lowest BCUT2D eigenvalue weighted by molar-refractivity contribution is -0.143. The molecule has 0 aliphatic rings. The van der Waals surface area contributed by atoms with Crippen LogP contribution in [0.4, 0.5) is 0 Å². The molecule has 0 unspecified atom stereocenters. The van der Waals surface area contributed by atoms with Crippen molar-refractivity contribution in [3.63, 3.8) is 0 Å². The van der Waals surface area contributed by atoms with Gasteiger partial charge in [-0.1, -0.05) is 66.7 Å². The van der Waals surface area contributed by atoms with Crippen molar-refractivity contribution < 1.29 is 33.4 Å². The summed E-state index contributed by atoms with van der Waals surface area (Å²) < 4.78 is 9.74. The monoisotopic (exact) mass is 571 g/mol. The number of carbonyl (C=O) groups is 5. The van der Waals surface area contributed by atoms with Crippen LogP contribution in [0.2, 0.25) is 0 Å². The van der Waals surface area contributed by atoms with Gasteiger partial charge in [-0.25, -0.2) is 9.59 Å². The van der Waals surface area contributed by atoms with Gasteiger partial charge in [-0.15, -0.1) is 6.58 Å². The van der Waals surface area contributed by atoms with Crippen LogP contribution in [0, 0.1) is 0 Å². The van der Waals surface area contributed by atoms with Gasteiger partial charge in [0.15, 0.2) is 0 Å². The molecular formula is C32H33N3O7. The number of hydrogen-bond acceptors (Lipinski definition) is 7. The summed E-state index contributed by atoms with van der Waals surface area (Å²) >= 11 is 0. The Bertz CT molecular complexity index is 1420. The molecule has 3 aromatic rings. The average Bonchev–Trinajstić information content (AvgIpc) is 3.02. The average molecular weight is 572 g/mol. The van der Waals surface area contributed by atoms with Crippen LogP contribution >= 0.6 is 0 Å². The molecule has 0 saturated heterocycles. The predicted molar refractivity (Wildman–Crippen MR) is 156 cm³/mol. The first-order valence-corrected chi connectivity index (χ1v) is 13.2. The van der Waals surface area contributed by atoms with Gasteiger partial charge in [-0.3, -0.25) is 14.4 Å². The molecule has 10 nitrogen and oxygen atoms in total. The Morgan fingerprint density at radius 2 is 1.19 bits per heavy atom. The Balaban J connectivity index is 1.89. The first kappa shape index (κ1) is 31.3. The number of methoxy groups -OCH3 is 2. The first-order chi connectivity index (χ1) is 20.3. The standard InChI is InChI=1S/C32H33N3O7/c1-4-17-33-29(37)25-20-23(28(36)34-26(31(39)41-2)18-21-11-7-5-8-12-21)15-16-24(25)30(38)35-27(32(40)42-3)19-22-13-9-6-10-14-22/h4-16,20,26-27H,1,17-19H2,2-3H3,(H,33,37)(H,34,36)(H,35,38)/t26-,27+/m0/s1. The summed E-state index contributed by atoms with van der Waals surface area (Å²) in [7, 11) is 2.44. The SMILES string of the molecule is C=CCNC(=O)c1cc(C(=O)N[C@@H](Cc2ccccc2)C(=O)OC)ccc1C(=O)N[C@H](Cc1ccccc1)C(=O)OC. The van der Waals surface area contributed by atoms with Crippen LogP contribution in [0.25, 0.3) is 0 Å². The third-order valence-corrected chi connectivity index (χ3v) is 6.33. The molecule has 0 bridgehead atoms. The molecule has 42 heavy (non-hydrogen) atoms. The molecule has 0 radical (unpaired) electrons. The summed E-state index contributed by atoms with van der Waals surface area (Å²) in [4.78, 5) is 64.6. The number of rotatable bonds is 13. The van der Waals surface area contributed by atoms with E-state index in [0.29, 0.717) is 0 Å². The second-order valence-electron chi connectivity index (χ2n) is 9.24.